The number of hydrogen-bond donors (Lipinski definition) is 0. The van der Waals surface area contributed by atoms with Gasteiger partial charge in [0.15, 0.2) is 0 Å². The van der Waals surface area contributed by atoms with Crippen molar-refractivity contribution in [2.24, 2.45) is 0 Å². The lowest BCUT2D eigenvalue weighted by Gasteiger charge is -2.37. The largest absolute Gasteiger partial charge is 0.369 e. The predicted octanol–water partition coefficient (Wildman–Crippen LogP) is 1.27. The van der Waals surface area contributed by atoms with Crippen molar-refractivity contribution >= 4 is 17.3 Å². The zero-order valence-corrected chi connectivity index (χ0v) is 15.8. The fourth-order valence-electron chi connectivity index (χ4n) is 4.10. The van der Waals surface area contributed by atoms with E-state index in [9.17, 15) is 4.79 Å². The van der Waals surface area contributed by atoms with E-state index >= 15 is 0 Å². The summed E-state index contributed by atoms with van der Waals surface area (Å²) in [5.41, 5.74) is 2.57. The number of likely N-dealkylation sites (N-methyl/N-ethyl adjacent to an activating group) is 1. The summed E-state index contributed by atoms with van der Waals surface area (Å²) >= 11 is 0. The average molecular weight is 358 g/mol. The van der Waals surface area contributed by atoms with Gasteiger partial charge in [-0.1, -0.05) is 0 Å². The molecule has 3 fully saturated rings. The molecule has 4 rings (SSSR count). The molecule has 3 aliphatic rings. The highest BCUT2D eigenvalue weighted by Gasteiger charge is 2.30. The lowest BCUT2D eigenvalue weighted by molar-refractivity contribution is -0.141. The summed E-state index contributed by atoms with van der Waals surface area (Å²) in [5, 5.41) is 0. The molecule has 1 amide bonds. The maximum Gasteiger partial charge on any atom is 0.251 e. The van der Waals surface area contributed by atoms with Gasteiger partial charge in [0.1, 0.15) is 6.10 Å². The van der Waals surface area contributed by atoms with Gasteiger partial charge < -0.3 is 24.3 Å². The third-order valence-electron chi connectivity index (χ3n) is 5.88. The Bertz CT molecular complexity index is 599. The Morgan fingerprint density at radius 2 is 1.42 bits per heavy atom. The van der Waals surface area contributed by atoms with Crippen LogP contribution in [-0.2, 0) is 9.53 Å². The molecule has 3 aliphatic heterocycles. The molecule has 6 heteroatoms. The van der Waals surface area contributed by atoms with E-state index in [0.29, 0.717) is 0 Å². The van der Waals surface area contributed by atoms with Gasteiger partial charge in [-0.15, -0.1) is 0 Å². The zero-order valence-electron chi connectivity index (χ0n) is 15.8. The minimum atomic E-state index is -0.190. The molecule has 1 aromatic rings. The van der Waals surface area contributed by atoms with E-state index in [0.717, 1.165) is 71.8 Å². The summed E-state index contributed by atoms with van der Waals surface area (Å²) in [6.45, 7) is 8.55. The second-order valence-electron chi connectivity index (χ2n) is 7.62. The summed E-state index contributed by atoms with van der Waals surface area (Å²) in [6, 6.07) is 8.94. The number of piperazine rings is 2. The molecule has 1 aromatic carbocycles. The lowest BCUT2D eigenvalue weighted by Crippen LogP contribution is -2.51. The molecular weight excluding hydrogens is 328 g/mol. The van der Waals surface area contributed by atoms with Crippen molar-refractivity contribution in [1.29, 1.82) is 0 Å². The second-order valence-corrected chi connectivity index (χ2v) is 7.62. The van der Waals surface area contributed by atoms with E-state index in [1.807, 2.05) is 4.90 Å². The van der Waals surface area contributed by atoms with Gasteiger partial charge in [-0.2, -0.15) is 0 Å². The Labute approximate surface area is 156 Å². The molecule has 142 valence electrons. The molecule has 0 spiro atoms. The molecule has 1 unspecified atom stereocenters. The molecule has 0 radical (unpaired) electrons. The van der Waals surface area contributed by atoms with Crippen LogP contribution in [0.15, 0.2) is 24.3 Å². The lowest BCUT2D eigenvalue weighted by atomic mass is 10.1. The van der Waals surface area contributed by atoms with E-state index in [1.165, 1.54) is 11.4 Å². The molecule has 1 atom stereocenters. The van der Waals surface area contributed by atoms with E-state index in [1.54, 1.807) is 0 Å². The van der Waals surface area contributed by atoms with Crippen LogP contribution >= 0.6 is 0 Å². The molecular formula is C20H30N4O2. The first kappa shape index (κ1) is 17.6. The van der Waals surface area contributed by atoms with Gasteiger partial charge in [0.05, 0.1) is 0 Å². The van der Waals surface area contributed by atoms with Crippen LogP contribution in [0.2, 0.25) is 0 Å². The third-order valence-corrected chi connectivity index (χ3v) is 5.88. The van der Waals surface area contributed by atoms with E-state index < -0.39 is 0 Å². The Morgan fingerprint density at radius 3 is 1.92 bits per heavy atom. The number of carbonyl (C=O) groups excluding carboxylic acids is 1. The van der Waals surface area contributed by atoms with Crippen LogP contribution in [0, 0.1) is 0 Å². The highest BCUT2D eigenvalue weighted by Crippen LogP contribution is 2.23. The monoisotopic (exact) mass is 358 g/mol. The molecule has 3 heterocycles. The fourth-order valence-corrected chi connectivity index (χ4v) is 4.10. The van der Waals surface area contributed by atoms with Crippen LogP contribution < -0.4 is 9.80 Å². The Hall–Kier alpha value is -1.79. The Balaban J connectivity index is 1.31. The first-order valence-electron chi connectivity index (χ1n) is 9.89. The van der Waals surface area contributed by atoms with Crippen LogP contribution in [0.3, 0.4) is 0 Å². The van der Waals surface area contributed by atoms with Gasteiger partial charge in [-0.25, -0.2) is 0 Å². The van der Waals surface area contributed by atoms with Crippen LogP contribution in [0.4, 0.5) is 11.4 Å². The van der Waals surface area contributed by atoms with Crippen LogP contribution in [0.25, 0.3) is 0 Å². The minimum absolute atomic E-state index is 0.188. The van der Waals surface area contributed by atoms with E-state index in [4.69, 9.17) is 4.74 Å². The van der Waals surface area contributed by atoms with Crippen molar-refractivity contribution in [3.8, 4) is 0 Å². The first-order valence-corrected chi connectivity index (χ1v) is 9.89. The highest BCUT2D eigenvalue weighted by molar-refractivity contribution is 5.81. The fraction of sp³-hybridized carbons (Fsp3) is 0.650. The number of anilines is 2. The number of ether oxygens (including phenoxy) is 1. The van der Waals surface area contributed by atoms with Crippen LogP contribution in [0.1, 0.15) is 12.8 Å². The average Bonchev–Trinajstić information content (AvgIpc) is 3.23. The summed E-state index contributed by atoms with van der Waals surface area (Å²) in [7, 11) is 2.18. The Kier molecular flexibility index (Phi) is 5.31. The standard InChI is InChI=1S/C20H30N4O2/c1-21-8-10-22(11-9-21)17-4-6-18(7-5-17)23-12-14-24(15-13-23)20(25)19-3-2-16-26-19/h4-7,19H,2-3,8-16H2,1H3. The first-order chi connectivity index (χ1) is 12.7. The topological polar surface area (TPSA) is 39.3 Å². The van der Waals surface area contributed by atoms with Gasteiger partial charge >= 0.3 is 0 Å². The number of amides is 1. The number of carbonyl (C=O) groups is 1. The van der Waals surface area contributed by atoms with Crippen molar-refractivity contribution in [3.05, 3.63) is 24.3 Å². The van der Waals surface area contributed by atoms with Crippen molar-refractivity contribution in [3.63, 3.8) is 0 Å². The number of nitrogens with zero attached hydrogens (tertiary/aromatic N) is 4. The number of hydrogen-bond acceptors (Lipinski definition) is 5. The number of benzene rings is 1. The van der Waals surface area contributed by atoms with Gasteiger partial charge in [0.2, 0.25) is 0 Å². The molecule has 26 heavy (non-hydrogen) atoms. The van der Waals surface area contributed by atoms with Crippen molar-refractivity contribution < 1.29 is 9.53 Å². The zero-order chi connectivity index (χ0) is 17.9. The molecule has 3 saturated heterocycles. The molecule has 6 nitrogen and oxygen atoms in total. The smallest absolute Gasteiger partial charge is 0.251 e. The third kappa shape index (κ3) is 3.81. The van der Waals surface area contributed by atoms with Crippen molar-refractivity contribution in [1.82, 2.24) is 9.80 Å². The molecule has 0 saturated carbocycles. The normalized spacial score (nSPS) is 25.0. The van der Waals surface area contributed by atoms with E-state index in [-0.39, 0.29) is 12.0 Å². The SMILES string of the molecule is CN1CCN(c2ccc(N3CCN(C(=O)C4CCCO4)CC3)cc2)CC1. The maximum atomic E-state index is 12.5. The highest BCUT2D eigenvalue weighted by atomic mass is 16.5. The van der Waals surface area contributed by atoms with Crippen LogP contribution in [-0.4, -0.2) is 87.8 Å². The summed E-state index contributed by atoms with van der Waals surface area (Å²) < 4.78 is 5.54. The Morgan fingerprint density at radius 1 is 0.885 bits per heavy atom. The van der Waals surface area contributed by atoms with E-state index in [2.05, 4.69) is 46.0 Å². The summed E-state index contributed by atoms with van der Waals surface area (Å²) in [4.78, 5) is 21.7. The van der Waals surface area contributed by atoms with Crippen LogP contribution in [0.5, 0.6) is 0 Å². The predicted molar refractivity (Wildman–Crippen MR) is 104 cm³/mol. The maximum absolute atomic E-state index is 12.5. The van der Waals surface area contributed by atoms with Crippen molar-refractivity contribution in [2.45, 2.75) is 18.9 Å². The molecule has 0 aliphatic carbocycles. The van der Waals surface area contributed by atoms with Gasteiger partial charge in [-0.05, 0) is 44.2 Å². The minimum Gasteiger partial charge on any atom is -0.369 e. The summed E-state index contributed by atoms with van der Waals surface area (Å²) in [6.07, 6.45) is 1.70. The molecule has 0 N–H and O–H groups in total. The van der Waals surface area contributed by atoms with Crippen molar-refractivity contribution in [2.75, 3.05) is 75.8 Å². The van der Waals surface area contributed by atoms with Gasteiger partial charge in [0, 0.05) is 70.3 Å². The summed E-state index contributed by atoms with van der Waals surface area (Å²) in [5.74, 6) is 0.188. The molecule has 0 bridgehead atoms. The number of rotatable bonds is 3. The van der Waals surface area contributed by atoms with Gasteiger partial charge in [0.25, 0.3) is 5.91 Å². The quantitative estimate of drug-likeness (QED) is 0.814. The molecule has 0 aromatic heterocycles. The van der Waals surface area contributed by atoms with Gasteiger partial charge in [-0.3, -0.25) is 4.79 Å². The second kappa shape index (κ2) is 7.84.